The molecule has 7 heteroatoms. The standard InChI is InChI=1S/C18H17Cl2NO4/c1-25-16(11-5-3-2-4-6-11)17(22)21-15(18(23)24)9-12-7-8-13(19)10-14(12)20/h2-8,10,15-16H,9H2,1H3,(H,21,22)(H,23,24)/t15-,16-/m1/s1. The third-order valence-corrected chi connectivity index (χ3v) is 4.22. The van der Waals surface area contributed by atoms with Crippen LogP contribution in [0.15, 0.2) is 48.5 Å². The molecule has 1 amide bonds. The van der Waals surface area contributed by atoms with Crippen LogP contribution in [0.1, 0.15) is 17.2 Å². The number of benzene rings is 2. The van der Waals surface area contributed by atoms with Crippen LogP contribution in [0.25, 0.3) is 0 Å². The lowest BCUT2D eigenvalue weighted by atomic mass is 10.0. The molecule has 0 spiro atoms. The highest BCUT2D eigenvalue weighted by Gasteiger charge is 2.27. The van der Waals surface area contributed by atoms with Crippen LogP contribution in [0.2, 0.25) is 10.0 Å². The van der Waals surface area contributed by atoms with E-state index in [0.29, 0.717) is 21.2 Å². The van der Waals surface area contributed by atoms with E-state index in [0.717, 1.165) is 0 Å². The molecule has 0 aromatic heterocycles. The van der Waals surface area contributed by atoms with Gasteiger partial charge >= 0.3 is 5.97 Å². The lowest BCUT2D eigenvalue weighted by molar-refractivity contribution is -0.144. The van der Waals surface area contributed by atoms with Crippen molar-refractivity contribution < 1.29 is 19.4 Å². The summed E-state index contributed by atoms with van der Waals surface area (Å²) >= 11 is 11.9. The molecule has 2 rings (SSSR count). The summed E-state index contributed by atoms with van der Waals surface area (Å²) in [5.74, 6) is -1.70. The monoisotopic (exact) mass is 381 g/mol. The highest BCUT2D eigenvalue weighted by molar-refractivity contribution is 6.35. The first-order chi connectivity index (χ1) is 11.9. The molecule has 0 bridgehead atoms. The SMILES string of the molecule is CO[C@@H](C(=O)N[C@H](Cc1ccc(Cl)cc1Cl)C(=O)O)c1ccccc1. The van der Waals surface area contributed by atoms with Crippen molar-refractivity contribution in [1.82, 2.24) is 5.32 Å². The Morgan fingerprint density at radius 3 is 2.40 bits per heavy atom. The van der Waals surface area contributed by atoms with Crippen LogP contribution in [0.4, 0.5) is 0 Å². The Kier molecular flexibility index (Phi) is 6.82. The maximum absolute atomic E-state index is 12.5. The zero-order valence-corrected chi connectivity index (χ0v) is 14.9. The average Bonchev–Trinajstić information content (AvgIpc) is 2.58. The first-order valence-corrected chi connectivity index (χ1v) is 8.22. The van der Waals surface area contributed by atoms with Crippen molar-refractivity contribution in [3.8, 4) is 0 Å². The van der Waals surface area contributed by atoms with E-state index in [1.54, 1.807) is 36.4 Å². The third-order valence-electron chi connectivity index (χ3n) is 3.63. The van der Waals surface area contributed by atoms with Gasteiger partial charge in [0.05, 0.1) is 0 Å². The summed E-state index contributed by atoms with van der Waals surface area (Å²) < 4.78 is 5.22. The average molecular weight is 382 g/mol. The number of carbonyl (C=O) groups is 2. The van der Waals surface area contributed by atoms with E-state index in [1.807, 2.05) is 6.07 Å². The van der Waals surface area contributed by atoms with Crippen molar-refractivity contribution in [2.45, 2.75) is 18.6 Å². The number of hydrogen-bond donors (Lipinski definition) is 2. The second kappa shape index (κ2) is 8.85. The molecule has 0 aliphatic rings. The largest absolute Gasteiger partial charge is 0.480 e. The number of ether oxygens (including phenoxy) is 1. The fraction of sp³-hybridized carbons (Fsp3) is 0.222. The summed E-state index contributed by atoms with van der Waals surface area (Å²) in [5, 5.41) is 12.7. The molecule has 0 fully saturated rings. The van der Waals surface area contributed by atoms with Gasteiger partial charge in [0, 0.05) is 23.6 Å². The Morgan fingerprint density at radius 1 is 1.16 bits per heavy atom. The predicted octanol–water partition coefficient (Wildman–Crippen LogP) is 3.49. The van der Waals surface area contributed by atoms with Crippen molar-refractivity contribution in [2.24, 2.45) is 0 Å². The van der Waals surface area contributed by atoms with Crippen molar-refractivity contribution in [3.05, 3.63) is 69.7 Å². The summed E-state index contributed by atoms with van der Waals surface area (Å²) in [5.41, 5.74) is 1.21. The van der Waals surface area contributed by atoms with Gasteiger partial charge < -0.3 is 15.2 Å². The Balaban J connectivity index is 2.15. The molecule has 0 aliphatic carbocycles. The first kappa shape index (κ1) is 19.2. The van der Waals surface area contributed by atoms with Gasteiger partial charge in [0.1, 0.15) is 6.04 Å². The van der Waals surface area contributed by atoms with E-state index in [2.05, 4.69) is 5.32 Å². The van der Waals surface area contributed by atoms with Crippen LogP contribution in [0.5, 0.6) is 0 Å². The highest BCUT2D eigenvalue weighted by Crippen LogP contribution is 2.23. The van der Waals surface area contributed by atoms with Crippen LogP contribution < -0.4 is 5.32 Å². The molecule has 2 atom stereocenters. The van der Waals surface area contributed by atoms with Crippen molar-refractivity contribution >= 4 is 35.1 Å². The minimum absolute atomic E-state index is 0.0301. The summed E-state index contributed by atoms with van der Waals surface area (Å²) in [6, 6.07) is 12.5. The molecule has 0 saturated heterocycles. The lowest BCUT2D eigenvalue weighted by Gasteiger charge is -2.20. The second-order valence-corrected chi connectivity index (χ2v) is 6.21. The second-order valence-electron chi connectivity index (χ2n) is 5.37. The number of nitrogens with one attached hydrogen (secondary N) is 1. The number of methoxy groups -OCH3 is 1. The number of rotatable bonds is 7. The van der Waals surface area contributed by atoms with E-state index in [-0.39, 0.29) is 6.42 Å². The lowest BCUT2D eigenvalue weighted by Crippen LogP contribution is -2.44. The highest BCUT2D eigenvalue weighted by atomic mass is 35.5. The molecule has 0 saturated carbocycles. The molecule has 0 radical (unpaired) electrons. The summed E-state index contributed by atoms with van der Waals surface area (Å²) in [6.07, 6.45) is -0.869. The number of carboxylic acids is 1. The van der Waals surface area contributed by atoms with Gasteiger partial charge in [0.15, 0.2) is 6.10 Å². The Hall–Kier alpha value is -2.08. The maximum atomic E-state index is 12.5. The maximum Gasteiger partial charge on any atom is 0.326 e. The zero-order chi connectivity index (χ0) is 18.4. The summed E-state index contributed by atoms with van der Waals surface area (Å²) in [7, 11) is 1.39. The molecule has 5 nitrogen and oxygen atoms in total. The number of aliphatic carboxylic acids is 1. The number of hydrogen-bond acceptors (Lipinski definition) is 3. The number of halogens is 2. The number of amides is 1. The number of carboxylic acid groups (broad SMARTS) is 1. The Bertz CT molecular complexity index is 752. The molecular formula is C18H17Cl2NO4. The van der Waals surface area contributed by atoms with Crippen molar-refractivity contribution in [2.75, 3.05) is 7.11 Å². The molecule has 0 heterocycles. The molecule has 2 N–H and O–H groups in total. The predicted molar refractivity (Wildman–Crippen MR) is 95.9 cm³/mol. The van der Waals surface area contributed by atoms with Crippen LogP contribution >= 0.6 is 23.2 Å². The van der Waals surface area contributed by atoms with Gasteiger partial charge in [-0.15, -0.1) is 0 Å². The summed E-state index contributed by atoms with van der Waals surface area (Å²) in [6.45, 7) is 0. The van der Waals surface area contributed by atoms with Crippen LogP contribution in [0, 0.1) is 0 Å². The first-order valence-electron chi connectivity index (χ1n) is 7.47. The van der Waals surface area contributed by atoms with Crippen LogP contribution in [0.3, 0.4) is 0 Å². The molecule has 2 aromatic rings. The summed E-state index contributed by atoms with van der Waals surface area (Å²) in [4.78, 5) is 24.0. The van der Waals surface area contributed by atoms with Gasteiger partial charge in [-0.25, -0.2) is 4.79 Å². The van der Waals surface area contributed by atoms with Crippen LogP contribution in [-0.2, 0) is 20.7 Å². The van der Waals surface area contributed by atoms with E-state index in [1.165, 1.54) is 13.2 Å². The quantitative estimate of drug-likeness (QED) is 0.769. The molecule has 0 unspecified atom stereocenters. The molecule has 132 valence electrons. The van der Waals surface area contributed by atoms with Gasteiger partial charge in [0.2, 0.25) is 0 Å². The molecule has 2 aromatic carbocycles. The van der Waals surface area contributed by atoms with E-state index < -0.39 is 24.0 Å². The molecular weight excluding hydrogens is 365 g/mol. The topological polar surface area (TPSA) is 75.6 Å². The fourth-order valence-corrected chi connectivity index (χ4v) is 2.86. The van der Waals surface area contributed by atoms with E-state index >= 15 is 0 Å². The zero-order valence-electron chi connectivity index (χ0n) is 13.4. The van der Waals surface area contributed by atoms with Gasteiger partial charge in [-0.1, -0.05) is 59.6 Å². The van der Waals surface area contributed by atoms with E-state index in [9.17, 15) is 14.7 Å². The van der Waals surface area contributed by atoms with Gasteiger partial charge in [-0.3, -0.25) is 4.79 Å². The molecule has 0 aliphatic heterocycles. The smallest absolute Gasteiger partial charge is 0.326 e. The third kappa shape index (κ3) is 5.19. The van der Waals surface area contributed by atoms with E-state index in [4.69, 9.17) is 27.9 Å². The fourth-order valence-electron chi connectivity index (χ4n) is 2.38. The van der Waals surface area contributed by atoms with Crippen molar-refractivity contribution in [3.63, 3.8) is 0 Å². The number of carbonyl (C=O) groups excluding carboxylic acids is 1. The van der Waals surface area contributed by atoms with Crippen molar-refractivity contribution in [1.29, 1.82) is 0 Å². The van der Waals surface area contributed by atoms with Gasteiger partial charge in [-0.2, -0.15) is 0 Å². The normalized spacial score (nSPS) is 13.1. The van der Waals surface area contributed by atoms with Crippen LogP contribution in [-0.4, -0.2) is 30.1 Å². The Morgan fingerprint density at radius 2 is 1.84 bits per heavy atom. The molecule has 25 heavy (non-hydrogen) atoms. The Labute approximate surface area is 155 Å². The van der Waals surface area contributed by atoms with Gasteiger partial charge in [0.25, 0.3) is 5.91 Å². The minimum atomic E-state index is -1.16. The van der Waals surface area contributed by atoms with Gasteiger partial charge in [-0.05, 0) is 23.3 Å². The minimum Gasteiger partial charge on any atom is -0.480 e.